The van der Waals surface area contributed by atoms with Crippen molar-refractivity contribution < 1.29 is 4.79 Å². The number of fused-ring (bicyclic) bond motifs is 1. The summed E-state index contributed by atoms with van der Waals surface area (Å²) in [7, 11) is 0. The number of nitrogens with one attached hydrogen (secondary N) is 1. The third-order valence-electron chi connectivity index (χ3n) is 4.40. The molecule has 3 heterocycles. The predicted molar refractivity (Wildman–Crippen MR) is 77.2 cm³/mol. The largest absolute Gasteiger partial charge is 0.333 e. The molecule has 108 valence electrons. The van der Waals surface area contributed by atoms with Gasteiger partial charge in [0, 0.05) is 25.7 Å². The molecule has 1 N–H and O–H groups in total. The zero-order chi connectivity index (χ0) is 14.2. The Bertz CT molecular complexity index is 653. The Balaban J connectivity index is 1.57. The SMILES string of the molecule is O=C(c1cnn(-c2ccccc2)n1)N1CC[C@H]2CNC[C@H]21. The Kier molecular flexibility index (Phi) is 2.96. The van der Waals surface area contributed by atoms with Crippen LogP contribution in [0.15, 0.2) is 36.5 Å². The molecule has 2 atom stereocenters. The summed E-state index contributed by atoms with van der Waals surface area (Å²) in [5, 5.41) is 11.9. The van der Waals surface area contributed by atoms with Crippen molar-refractivity contribution in [2.45, 2.75) is 12.5 Å². The van der Waals surface area contributed by atoms with Crippen molar-refractivity contribution in [3.8, 4) is 5.69 Å². The fourth-order valence-electron chi connectivity index (χ4n) is 3.30. The van der Waals surface area contributed by atoms with Gasteiger partial charge in [0.2, 0.25) is 0 Å². The van der Waals surface area contributed by atoms with Gasteiger partial charge in [-0.1, -0.05) is 18.2 Å². The van der Waals surface area contributed by atoms with Crippen LogP contribution in [0.1, 0.15) is 16.9 Å². The summed E-state index contributed by atoms with van der Waals surface area (Å²) >= 11 is 0. The minimum atomic E-state index is -0.00613. The lowest BCUT2D eigenvalue weighted by Crippen LogP contribution is -2.39. The first-order chi connectivity index (χ1) is 10.3. The standard InChI is InChI=1S/C15H17N5O/c21-15(19-7-6-11-8-16-10-14(11)19)13-9-17-20(18-13)12-4-2-1-3-5-12/h1-5,9,11,14,16H,6-8,10H2/t11-,14+/m0/s1. The summed E-state index contributed by atoms with van der Waals surface area (Å²) in [6.45, 7) is 2.74. The number of likely N-dealkylation sites (tertiary alicyclic amines) is 1. The van der Waals surface area contributed by atoms with E-state index >= 15 is 0 Å². The third kappa shape index (κ3) is 2.12. The topological polar surface area (TPSA) is 63.1 Å². The van der Waals surface area contributed by atoms with Crippen molar-refractivity contribution in [1.82, 2.24) is 25.2 Å². The molecule has 4 rings (SSSR count). The first kappa shape index (κ1) is 12.5. The molecule has 1 amide bonds. The fraction of sp³-hybridized carbons (Fsp3) is 0.400. The zero-order valence-corrected chi connectivity index (χ0v) is 11.6. The molecule has 21 heavy (non-hydrogen) atoms. The Morgan fingerprint density at radius 2 is 2.10 bits per heavy atom. The van der Waals surface area contributed by atoms with E-state index in [0.29, 0.717) is 17.7 Å². The fourth-order valence-corrected chi connectivity index (χ4v) is 3.30. The van der Waals surface area contributed by atoms with Crippen LogP contribution in [-0.4, -0.2) is 51.5 Å². The molecule has 2 saturated heterocycles. The predicted octanol–water partition coefficient (Wildman–Crippen LogP) is 0.701. The molecule has 0 saturated carbocycles. The highest BCUT2D eigenvalue weighted by Gasteiger charge is 2.40. The van der Waals surface area contributed by atoms with Crippen LogP contribution in [0.25, 0.3) is 5.69 Å². The molecule has 0 radical (unpaired) electrons. The van der Waals surface area contributed by atoms with Gasteiger partial charge in [0.05, 0.1) is 11.9 Å². The average Bonchev–Trinajstić information content (AvgIpc) is 3.23. The highest BCUT2D eigenvalue weighted by molar-refractivity contribution is 5.92. The van der Waals surface area contributed by atoms with Crippen LogP contribution in [0.4, 0.5) is 0 Å². The van der Waals surface area contributed by atoms with Gasteiger partial charge >= 0.3 is 0 Å². The zero-order valence-electron chi connectivity index (χ0n) is 11.6. The van der Waals surface area contributed by atoms with Crippen molar-refractivity contribution in [1.29, 1.82) is 0 Å². The highest BCUT2D eigenvalue weighted by Crippen LogP contribution is 2.28. The van der Waals surface area contributed by atoms with Crippen molar-refractivity contribution in [2.24, 2.45) is 5.92 Å². The molecule has 2 aliphatic rings. The molecule has 0 unspecified atom stereocenters. The van der Waals surface area contributed by atoms with Gasteiger partial charge in [-0.05, 0) is 24.5 Å². The molecule has 2 fully saturated rings. The molecule has 1 aromatic carbocycles. The highest BCUT2D eigenvalue weighted by atomic mass is 16.2. The second-order valence-corrected chi connectivity index (χ2v) is 5.63. The summed E-state index contributed by atoms with van der Waals surface area (Å²) in [6, 6.07) is 9.95. The summed E-state index contributed by atoms with van der Waals surface area (Å²) < 4.78 is 0. The van der Waals surface area contributed by atoms with E-state index in [0.717, 1.165) is 31.7 Å². The van der Waals surface area contributed by atoms with E-state index < -0.39 is 0 Å². The first-order valence-corrected chi connectivity index (χ1v) is 7.32. The Hall–Kier alpha value is -2.21. The number of amides is 1. The number of hydrogen-bond acceptors (Lipinski definition) is 4. The summed E-state index contributed by atoms with van der Waals surface area (Å²) in [5.41, 5.74) is 1.28. The van der Waals surface area contributed by atoms with Crippen LogP contribution in [0.3, 0.4) is 0 Å². The number of para-hydroxylation sites is 1. The number of carbonyl (C=O) groups excluding carboxylic acids is 1. The van der Waals surface area contributed by atoms with Crippen molar-refractivity contribution in [3.05, 3.63) is 42.2 Å². The first-order valence-electron chi connectivity index (χ1n) is 7.32. The number of hydrogen-bond donors (Lipinski definition) is 1. The van der Waals surface area contributed by atoms with E-state index in [2.05, 4.69) is 15.5 Å². The second-order valence-electron chi connectivity index (χ2n) is 5.63. The molecule has 6 heteroatoms. The average molecular weight is 283 g/mol. The number of aromatic nitrogens is 3. The minimum Gasteiger partial charge on any atom is -0.333 e. The maximum absolute atomic E-state index is 12.6. The molecule has 2 aromatic rings. The Morgan fingerprint density at radius 3 is 2.95 bits per heavy atom. The van der Waals surface area contributed by atoms with Crippen LogP contribution in [0.5, 0.6) is 0 Å². The van der Waals surface area contributed by atoms with Crippen LogP contribution in [-0.2, 0) is 0 Å². The van der Waals surface area contributed by atoms with Gasteiger partial charge < -0.3 is 10.2 Å². The quantitative estimate of drug-likeness (QED) is 0.881. The lowest BCUT2D eigenvalue weighted by molar-refractivity contribution is 0.0730. The van der Waals surface area contributed by atoms with Gasteiger partial charge in [0.15, 0.2) is 5.69 Å². The molecular formula is C15H17N5O. The summed E-state index contributed by atoms with van der Waals surface area (Å²) in [4.78, 5) is 16.1. The van der Waals surface area contributed by atoms with Crippen molar-refractivity contribution in [3.63, 3.8) is 0 Å². The number of benzene rings is 1. The minimum absolute atomic E-state index is 0.00613. The summed E-state index contributed by atoms with van der Waals surface area (Å²) in [5.74, 6) is 0.589. The van der Waals surface area contributed by atoms with E-state index in [-0.39, 0.29) is 5.91 Å². The van der Waals surface area contributed by atoms with Gasteiger partial charge in [0.25, 0.3) is 5.91 Å². The van der Waals surface area contributed by atoms with Crippen LogP contribution < -0.4 is 5.32 Å². The molecule has 0 spiro atoms. The van der Waals surface area contributed by atoms with Gasteiger partial charge in [0.1, 0.15) is 0 Å². The smallest absolute Gasteiger partial charge is 0.276 e. The Labute approximate surface area is 122 Å². The van der Waals surface area contributed by atoms with Crippen LogP contribution in [0.2, 0.25) is 0 Å². The van der Waals surface area contributed by atoms with Gasteiger partial charge in [-0.25, -0.2) is 0 Å². The summed E-state index contributed by atoms with van der Waals surface area (Å²) in [6.07, 6.45) is 2.64. The number of rotatable bonds is 2. The molecule has 6 nitrogen and oxygen atoms in total. The van der Waals surface area contributed by atoms with Crippen molar-refractivity contribution >= 4 is 5.91 Å². The van der Waals surface area contributed by atoms with E-state index in [1.807, 2.05) is 35.2 Å². The lowest BCUT2D eigenvalue weighted by atomic mass is 10.1. The van der Waals surface area contributed by atoms with E-state index in [1.165, 1.54) is 4.80 Å². The molecule has 0 bridgehead atoms. The second kappa shape index (κ2) is 4.96. The van der Waals surface area contributed by atoms with Gasteiger partial charge in [-0.3, -0.25) is 4.79 Å². The van der Waals surface area contributed by atoms with Gasteiger partial charge in [-0.2, -0.15) is 9.90 Å². The maximum atomic E-state index is 12.6. The normalized spacial score (nSPS) is 24.3. The lowest BCUT2D eigenvalue weighted by Gasteiger charge is -2.22. The monoisotopic (exact) mass is 283 g/mol. The van der Waals surface area contributed by atoms with E-state index in [1.54, 1.807) is 6.20 Å². The number of nitrogens with zero attached hydrogens (tertiary/aromatic N) is 4. The number of carbonyl (C=O) groups is 1. The molecule has 1 aromatic heterocycles. The van der Waals surface area contributed by atoms with E-state index in [9.17, 15) is 4.79 Å². The van der Waals surface area contributed by atoms with Crippen LogP contribution in [0, 0.1) is 5.92 Å². The molecule has 2 aliphatic heterocycles. The van der Waals surface area contributed by atoms with E-state index in [4.69, 9.17) is 0 Å². The Morgan fingerprint density at radius 1 is 1.24 bits per heavy atom. The third-order valence-corrected chi connectivity index (χ3v) is 4.40. The van der Waals surface area contributed by atoms with Crippen LogP contribution >= 0.6 is 0 Å². The van der Waals surface area contributed by atoms with Crippen molar-refractivity contribution in [2.75, 3.05) is 19.6 Å². The maximum Gasteiger partial charge on any atom is 0.276 e. The van der Waals surface area contributed by atoms with Gasteiger partial charge in [-0.15, -0.1) is 5.10 Å². The molecular weight excluding hydrogens is 266 g/mol. The molecule has 0 aliphatic carbocycles.